The highest BCUT2D eigenvalue weighted by atomic mass is 32.1. The first kappa shape index (κ1) is 23.5. The number of hydrogen-bond donors (Lipinski definition) is 1. The van der Waals surface area contributed by atoms with Crippen molar-refractivity contribution in [3.05, 3.63) is 41.0 Å². The molecule has 0 saturated carbocycles. The third-order valence-electron chi connectivity index (χ3n) is 6.51. The Bertz CT molecular complexity index is 904. The molecule has 3 rings (SSSR count). The van der Waals surface area contributed by atoms with Crippen molar-refractivity contribution >= 4 is 23.2 Å². The van der Waals surface area contributed by atoms with E-state index in [1.807, 2.05) is 12.4 Å². The van der Waals surface area contributed by atoms with Gasteiger partial charge in [0.25, 0.3) is 0 Å². The molecule has 1 aliphatic heterocycles. The Labute approximate surface area is 190 Å². The Hall–Kier alpha value is -2.21. The maximum absolute atomic E-state index is 13.1. The summed E-state index contributed by atoms with van der Waals surface area (Å²) in [6.07, 6.45) is 3.86. The average Bonchev–Trinajstić information content (AvgIpc) is 3.41. The van der Waals surface area contributed by atoms with Gasteiger partial charge in [-0.15, -0.1) is 11.3 Å². The summed E-state index contributed by atoms with van der Waals surface area (Å²) in [5.41, 5.74) is 5.10. The summed E-state index contributed by atoms with van der Waals surface area (Å²) in [5.74, 6) is 0.0659. The van der Waals surface area contributed by atoms with Crippen molar-refractivity contribution < 1.29 is 9.59 Å². The van der Waals surface area contributed by atoms with E-state index in [2.05, 4.69) is 62.3 Å². The monoisotopic (exact) mass is 441 g/mol. The van der Waals surface area contributed by atoms with Crippen LogP contribution >= 0.6 is 11.3 Å². The van der Waals surface area contributed by atoms with E-state index in [1.165, 1.54) is 4.88 Å². The summed E-state index contributed by atoms with van der Waals surface area (Å²) in [7, 11) is 0. The van der Waals surface area contributed by atoms with Gasteiger partial charge in [-0.05, 0) is 42.7 Å². The Balaban J connectivity index is 1.67. The summed E-state index contributed by atoms with van der Waals surface area (Å²) in [6.45, 7) is 11.1. The van der Waals surface area contributed by atoms with Crippen molar-refractivity contribution in [3.8, 4) is 10.4 Å². The molecule has 168 valence electrons. The molecule has 2 aromatic rings. The minimum atomic E-state index is -0.353. The van der Waals surface area contributed by atoms with Crippen LogP contribution in [0.2, 0.25) is 0 Å². The fourth-order valence-electron chi connectivity index (χ4n) is 4.11. The number of nitrogens with one attached hydrogen (secondary N) is 1. The zero-order chi connectivity index (χ0) is 22.6. The largest absolute Gasteiger partial charge is 0.348 e. The number of benzene rings is 1. The van der Waals surface area contributed by atoms with Gasteiger partial charge in [0.15, 0.2) is 0 Å². The number of aromatic nitrogens is 1. The highest BCUT2D eigenvalue weighted by Gasteiger charge is 2.36. The summed E-state index contributed by atoms with van der Waals surface area (Å²) in [6, 6.07) is 7.96. The van der Waals surface area contributed by atoms with Crippen molar-refractivity contribution in [1.82, 2.24) is 15.2 Å². The van der Waals surface area contributed by atoms with E-state index in [9.17, 15) is 9.59 Å². The molecule has 0 aliphatic carbocycles. The van der Waals surface area contributed by atoms with Crippen LogP contribution in [0.5, 0.6) is 0 Å². The van der Waals surface area contributed by atoms with Crippen LogP contribution in [-0.2, 0) is 9.59 Å². The maximum Gasteiger partial charge on any atom is 0.243 e. The molecule has 5 nitrogen and oxygen atoms in total. The van der Waals surface area contributed by atoms with Crippen LogP contribution in [0.1, 0.15) is 77.1 Å². The van der Waals surface area contributed by atoms with E-state index in [1.54, 1.807) is 16.2 Å². The third kappa shape index (κ3) is 5.53. The molecular formula is C25H35N3O2S. The molecule has 1 aromatic carbocycles. The van der Waals surface area contributed by atoms with Crippen molar-refractivity contribution in [2.24, 2.45) is 5.41 Å². The highest BCUT2D eigenvalue weighted by molar-refractivity contribution is 7.13. The van der Waals surface area contributed by atoms with Crippen LogP contribution in [0.3, 0.4) is 0 Å². The topological polar surface area (TPSA) is 62.3 Å². The number of nitrogens with zero attached hydrogens (tertiary/aromatic N) is 2. The summed E-state index contributed by atoms with van der Waals surface area (Å²) in [4.78, 5) is 33.3. The Morgan fingerprint density at radius 2 is 1.97 bits per heavy atom. The molecule has 1 saturated heterocycles. The molecule has 0 radical (unpaired) electrons. The number of thiazole rings is 1. The van der Waals surface area contributed by atoms with Gasteiger partial charge in [-0.3, -0.25) is 9.59 Å². The molecule has 2 atom stereocenters. The van der Waals surface area contributed by atoms with E-state index in [4.69, 9.17) is 0 Å². The van der Waals surface area contributed by atoms with E-state index >= 15 is 0 Å². The molecule has 6 heteroatoms. The van der Waals surface area contributed by atoms with Gasteiger partial charge in [0, 0.05) is 13.0 Å². The second-order valence-electron chi connectivity index (χ2n) is 9.30. The number of likely N-dealkylation sites (tertiary alicyclic amines) is 1. The van der Waals surface area contributed by atoms with Crippen molar-refractivity contribution in [3.63, 3.8) is 0 Å². The van der Waals surface area contributed by atoms with Gasteiger partial charge in [-0.2, -0.15) is 0 Å². The molecule has 2 heterocycles. The normalized spacial score (nSPS) is 17.6. The van der Waals surface area contributed by atoms with Gasteiger partial charge in [-0.1, -0.05) is 58.4 Å². The highest BCUT2D eigenvalue weighted by Crippen LogP contribution is 2.30. The van der Waals surface area contributed by atoms with Gasteiger partial charge in [0.1, 0.15) is 6.04 Å². The summed E-state index contributed by atoms with van der Waals surface area (Å²) >= 11 is 1.64. The average molecular weight is 442 g/mol. The molecule has 1 aliphatic rings. The molecule has 31 heavy (non-hydrogen) atoms. The maximum atomic E-state index is 13.1. The van der Waals surface area contributed by atoms with Gasteiger partial charge < -0.3 is 10.2 Å². The standard InChI is InChI=1S/C25H35N3O2S/c1-6-20(18-10-12-19(13-11-18)23-17(3)26-16-31-23)27-24(30)21-9-8-14-28(21)22(29)15-25(4,5)7-2/h10-13,16,20-21H,6-9,14-15H2,1-5H3,(H,27,30)/t20-,21-/m0/s1. The lowest BCUT2D eigenvalue weighted by atomic mass is 9.86. The Kier molecular flexibility index (Phi) is 7.52. The summed E-state index contributed by atoms with van der Waals surface area (Å²) in [5, 5.41) is 3.21. The molecule has 2 amide bonds. The zero-order valence-corrected chi connectivity index (χ0v) is 20.2. The first-order chi connectivity index (χ1) is 14.8. The number of amides is 2. The second kappa shape index (κ2) is 9.94. The number of carbonyl (C=O) groups is 2. The molecule has 1 fully saturated rings. The van der Waals surface area contributed by atoms with Gasteiger partial charge in [0.2, 0.25) is 11.8 Å². The van der Waals surface area contributed by atoms with Crippen LogP contribution in [-0.4, -0.2) is 34.3 Å². The molecule has 0 spiro atoms. The fourth-order valence-corrected chi connectivity index (χ4v) is 4.92. The Morgan fingerprint density at radius 3 is 2.55 bits per heavy atom. The smallest absolute Gasteiger partial charge is 0.243 e. The molecule has 0 unspecified atom stereocenters. The van der Waals surface area contributed by atoms with Gasteiger partial charge >= 0.3 is 0 Å². The third-order valence-corrected chi connectivity index (χ3v) is 7.49. The van der Waals surface area contributed by atoms with Crippen LogP contribution in [0.4, 0.5) is 0 Å². The zero-order valence-electron chi connectivity index (χ0n) is 19.4. The van der Waals surface area contributed by atoms with E-state index in [-0.39, 0.29) is 29.3 Å². The predicted octanol–water partition coefficient (Wildman–Crippen LogP) is 5.50. The van der Waals surface area contributed by atoms with E-state index in [0.29, 0.717) is 13.0 Å². The van der Waals surface area contributed by atoms with Crippen LogP contribution in [0.25, 0.3) is 10.4 Å². The van der Waals surface area contributed by atoms with Crippen molar-refractivity contribution in [2.75, 3.05) is 6.54 Å². The number of hydrogen-bond acceptors (Lipinski definition) is 4. The quantitative estimate of drug-likeness (QED) is 0.588. The van der Waals surface area contributed by atoms with Crippen LogP contribution in [0.15, 0.2) is 29.8 Å². The van der Waals surface area contributed by atoms with Crippen molar-refractivity contribution in [1.29, 1.82) is 0 Å². The fraction of sp³-hybridized carbons (Fsp3) is 0.560. The van der Waals surface area contributed by atoms with Gasteiger partial charge in [-0.25, -0.2) is 4.98 Å². The lowest BCUT2D eigenvalue weighted by Crippen LogP contribution is -2.47. The molecule has 1 aromatic heterocycles. The van der Waals surface area contributed by atoms with E-state index < -0.39 is 0 Å². The SMILES string of the molecule is CC[C@H](NC(=O)[C@@H]1CCCN1C(=O)CC(C)(C)CC)c1ccc(-c2scnc2C)cc1. The van der Waals surface area contributed by atoms with Crippen LogP contribution < -0.4 is 5.32 Å². The number of carbonyl (C=O) groups excluding carboxylic acids is 2. The predicted molar refractivity (Wildman–Crippen MR) is 127 cm³/mol. The number of rotatable bonds is 8. The lowest BCUT2D eigenvalue weighted by Gasteiger charge is -2.30. The number of aryl methyl sites for hydroxylation is 1. The summed E-state index contributed by atoms with van der Waals surface area (Å²) < 4.78 is 0. The Morgan fingerprint density at radius 1 is 1.26 bits per heavy atom. The first-order valence-corrected chi connectivity index (χ1v) is 12.2. The molecule has 1 N–H and O–H groups in total. The molecule has 0 bridgehead atoms. The lowest BCUT2D eigenvalue weighted by molar-refractivity contribution is -0.140. The van der Waals surface area contributed by atoms with Crippen LogP contribution in [0, 0.1) is 12.3 Å². The van der Waals surface area contributed by atoms with Gasteiger partial charge in [0.05, 0.1) is 22.1 Å². The second-order valence-corrected chi connectivity index (χ2v) is 10.2. The first-order valence-electron chi connectivity index (χ1n) is 11.4. The minimum absolute atomic E-state index is 0.0330. The van der Waals surface area contributed by atoms with Crippen molar-refractivity contribution in [2.45, 2.75) is 78.8 Å². The molecular weight excluding hydrogens is 406 g/mol. The van der Waals surface area contributed by atoms with E-state index in [0.717, 1.165) is 42.5 Å². The minimum Gasteiger partial charge on any atom is -0.348 e.